The maximum atomic E-state index is 6.01. The molecule has 2 aromatic rings. The van der Waals surface area contributed by atoms with Crippen LogP contribution in [0.15, 0.2) is 34.9 Å². The third-order valence-electron chi connectivity index (χ3n) is 4.72. The van der Waals surface area contributed by atoms with Gasteiger partial charge in [0, 0.05) is 30.7 Å². The fraction of sp³-hybridized carbons (Fsp3) is 0.571. The van der Waals surface area contributed by atoms with Crippen molar-refractivity contribution in [3.63, 3.8) is 0 Å². The fourth-order valence-corrected chi connectivity index (χ4v) is 3.26. The van der Waals surface area contributed by atoms with E-state index in [2.05, 4.69) is 36.7 Å². The van der Waals surface area contributed by atoms with Gasteiger partial charge in [-0.3, -0.25) is 4.90 Å². The minimum absolute atomic E-state index is 0.0344. The van der Waals surface area contributed by atoms with Crippen LogP contribution in [0.5, 0.6) is 5.75 Å². The molecule has 5 nitrogen and oxygen atoms in total. The van der Waals surface area contributed by atoms with E-state index in [9.17, 15) is 0 Å². The normalized spacial score (nSPS) is 17.8. The molecular formula is C21H30N2O3. The third-order valence-corrected chi connectivity index (χ3v) is 4.72. The second-order valence-electron chi connectivity index (χ2n) is 7.98. The van der Waals surface area contributed by atoms with Gasteiger partial charge in [-0.05, 0) is 18.9 Å². The van der Waals surface area contributed by atoms with Gasteiger partial charge in [-0.15, -0.1) is 0 Å². The molecule has 1 unspecified atom stereocenters. The Morgan fingerprint density at radius 2 is 2.04 bits per heavy atom. The highest BCUT2D eigenvalue weighted by atomic mass is 16.5. The molecule has 142 valence electrons. The van der Waals surface area contributed by atoms with Gasteiger partial charge in [0.05, 0.1) is 26.0 Å². The first-order chi connectivity index (χ1) is 12.5. The molecule has 0 amide bonds. The largest absolute Gasteiger partial charge is 0.496 e. The Kier molecular flexibility index (Phi) is 5.99. The lowest BCUT2D eigenvalue weighted by atomic mass is 9.94. The smallest absolute Gasteiger partial charge is 0.208 e. The zero-order valence-corrected chi connectivity index (χ0v) is 16.3. The van der Waals surface area contributed by atoms with Crippen molar-refractivity contribution in [1.29, 1.82) is 0 Å². The molecular weight excluding hydrogens is 328 g/mol. The zero-order valence-electron chi connectivity index (χ0n) is 16.3. The molecule has 0 bridgehead atoms. The van der Waals surface area contributed by atoms with E-state index in [-0.39, 0.29) is 11.5 Å². The van der Waals surface area contributed by atoms with Gasteiger partial charge >= 0.3 is 0 Å². The van der Waals surface area contributed by atoms with Crippen molar-refractivity contribution < 1.29 is 13.9 Å². The number of hydrogen-bond donors (Lipinski definition) is 0. The number of rotatable bonds is 7. The summed E-state index contributed by atoms with van der Waals surface area (Å²) in [6.07, 6.45) is 4.38. The number of oxazole rings is 1. The number of benzene rings is 1. The second kappa shape index (κ2) is 8.23. The van der Waals surface area contributed by atoms with Crippen LogP contribution in [0.1, 0.15) is 50.8 Å². The number of nitrogens with zero attached hydrogens (tertiary/aromatic N) is 2. The standard InChI is InChI=1S/C21H30N2O3/c1-21(2,3)19-12-22-20(26-19)15-23(14-17-9-7-11-25-17)13-16-8-5-6-10-18(16)24-4/h5-6,8,10,12,17H,7,9,11,13-15H2,1-4H3. The number of aromatic nitrogens is 1. The summed E-state index contributed by atoms with van der Waals surface area (Å²) in [4.78, 5) is 6.84. The Balaban J connectivity index is 1.75. The minimum Gasteiger partial charge on any atom is -0.496 e. The minimum atomic E-state index is -0.0344. The van der Waals surface area contributed by atoms with Crippen molar-refractivity contribution in [3.05, 3.63) is 47.7 Å². The van der Waals surface area contributed by atoms with Crippen LogP contribution in [0.25, 0.3) is 0 Å². The quantitative estimate of drug-likeness (QED) is 0.744. The van der Waals surface area contributed by atoms with E-state index in [1.165, 1.54) is 0 Å². The van der Waals surface area contributed by atoms with Gasteiger partial charge in [0.1, 0.15) is 11.5 Å². The summed E-state index contributed by atoms with van der Waals surface area (Å²) in [5.41, 5.74) is 1.13. The molecule has 0 aliphatic carbocycles. The van der Waals surface area contributed by atoms with E-state index in [0.717, 1.165) is 55.5 Å². The molecule has 1 atom stereocenters. The second-order valence-corrected chi connectivity index (χ2v) is 7.98. The molecule has 1 aromatic carbocycles. The van der Waals surface area contributed by atoms with Crippen molar-refractivity contribution in [2.75, 3.05) is 20.3 Å². The summed E-state index contributed by atoms with van der Waals surface area (Å²) >= 11 is 0. The Morgan fingerprint density at radius 1 is 1.23 bits per heavy atom. The molecule has 1 aliphatic heterocycles. The van der Waals surface area contributed by atoms with E-state index in [4.69, 9.17) is 13.9 Å². The lowest BCUT2D eigenvalue weighted by Crippen LogP contribution is -2.31. The summed E-state index contributed by atoms with van der Waals surface area (Å²) in [5.74, 6) is 2.58. The average molecular weight is 358 g/mol. The number of methoxy groups -OCH3 is 1. The lowest BCUT2D eigenvalue weighted by Gasteiger charge is -2.25. The Labute approximate surface area is 156 Å². The van der Waals surface area contributed by atoms with Crippen molar-refractivity contribution in [1.82, 2.24) is 9.88 Å². The molecule has 2 heterocycles. The maximum Gasteiger partial charge on any atom is 0.208 e. The topological polar surface area (TPSA) is 47.7 Å². The summed E-state index contributed by atoms with van der Waals surface area (Å²) in [6.45, 7) is 9.57. The van der Waals surface area contributed by atoms with Crippen LogP contribution in [-0.4, -0.2) is 36.2 Å². The first-order valence-electron chi connectivity index (χ1n) is 9.37. The number of ether oxygens (including phenoxy) is 2. The summed E-state index contributed by atoms with van der Waals surface area (Å²) < 4.78 is 17.4. The fourth-order valence-electron chi connectivity index (χ4n) is 3.26. The summed E-state index contributed by atoms with van der Waals surface area (Å²) in [5, 5.41) is 0. The van der Waals surface area contributed by atoms with E-state index in [1.807, 2.05) is 24.4 Å². The van der Waals surface area contributed by atoms with Gasteiger partial charge in [-0.1, -0.05) is 39.0 Å². The monoisotopic (exact) mass is 358 g/mol. The average Bonchev–Trinajstić information content (AvgIpc) is 3.27. The Bertz CT molecular complexity index is 699. The third kappa shape index (κ3) is 4.86. The van der Waals surface area contributed by atoms with Crippen molar-refractivity contribution >= 4 is 0 Å². The molecule has 26 heavy (non-hydrogen) atoms. The Morgan fingerprint density at radius 3 is 2.69 bits per heavy atom. The highest BCUT2D eigenvalue weighted by molar-refractivity contribution is 5.33. The Hall–Kier alpha value is -1.85. The van der Waals surface area contributed by atoms with E-state index < -0.39 is 0 Å². The maximum absolute atomic E-state index is 6.01. The molecule has 0 radical (unpaired) electrons. The first kappa shape index (κ1) is 18.9. The number of para-hydroxylation sites is 1. The van der Waals surface area contributed by atoms with Crippen LogP contribution in [0, 0.1) is 0 Å². The van der Waals surface area contributed by atoms with Crippen LogP contribution < -0.4 is 4.74 Å². The van der Waals surface area contributed by atoms with Gasteiger partial charge in [0.2, 0.25) is 5.89 Å². The van der Waals surface area contributed by atoms with Gasteiger partial charge in [0.15, 0.2) is 0 Å². The van der Waals surface area contributed by atoms with Gasteiger partial charge < -0.3 is 13.9 Å². The van der Waals surface area contributed by atoms with Crippen LogP contribution in [0.4, 0.5) is 0 Å². The highest BCUT2D eigenvalue weighted by Gasteiger charge is 2.23. The zero-order chi connectivity index (χ0) is 18.6. The van der Waals surface area contributed by atoms with Gasteiger partial charge in [0.25, 0.3) is 0 Å². The van der Waals surface area contributed by atoms with Crippen molar-refractivity contribution in [2.24, 2.45) is 0 Å². The SMILES string of the molecule is COc1ccccc1CN(Cc1ncc(C(C)(C)C)o1)CC1CCCO1. The first-order valence-corrected chi connectivity index (χ1v) is 9.37. The molecule has 1 saturated heterocycles. The van der Waals surface area contributed by atoms with Gasteiger partial charge in [-0.25, -0.2) is 4.98 Å². The molecule has 5 heteroatoms. The molecule has 0 N–H and O–H groups in total. The predicted octanol–water partition coefficient (Wildman–Crippen LogP) is 4.16. The number of hydrogen-bond acceptors (Lipinski definition) is 5. The van der Waals surface area contributed by atoms with Crippen molar-refractivity contribution in [3.8, 4) is 5.75 Å². The van der Waals surface area contributed by atoms with Gasteiger partial charge in [-0.2, -0.15) is 0 Å². The molecule has 1 fully saturated rings. The predicted molar refractivity (Wildman–Crippen MR) is 101 cm³/mol. The molecule has 0 spiro atoms. The molecule has 1 aliphatic rings. The molecule has 0 saturated carbocycles. The van der Waals surface area contributed by atoms with Crippen molar-refractivity contribution in [2.45, 2.75) is 58.2 Å². The van der Waals surface area contributed by atoms with Crippen LogP contribution in [-0.2, 0) is 23.2 Å². The summed E-state index contributed by atoms with van der Waals surface area (Å²) in [7, 11) is 1.72. The van der Waals surface area contributed by atoms with E-state index in [1.54, 1.807) is 7.11 Å². The molecule has 1 aromatic heterocycles. The van der Waals surface area contributed by atoms with Crippen LogP contribution >= 0.6 is 0 Å². The van der Waals surface area contributed by atoms with Crippen LogP contribution in [0.2, 0.25) is 0 Å². The lowest BCUT2D eigenvalue weighted by molar-refractivity contribution is 0.0642. The van der Waals surface area contributed by atoms with E-state index in [0.29, 0.717) is 6.54 Å². The van der Waals surface area contributed by atoms with E-state index >= 15 is 0 Å². The highest BCUT2D eigenvalue weighted by Crippen LogP contribution is 2.25. The molecule has 3 rings (SSSR count). The van der Waals surface area contributed by atoms with Crippen LogP contribution in [0.3, 0.4) is 0 Å². The summed E-state index contributed by atoms with van der Waals surface area (Å²) in [6, 6.07) is 8.15.